The molecule has 1 aromatic heterocycles. The molecule has 1 N–H and O–H groups in total. The minimum Gasteiger partial charge on any atom is -0.306 e. The largest absolute Gasteiger partial charge is 0.347 e. The van der Waals surface area contributed by atoms with E-state index in [2.05, 4.69) is 10.4 Å². The smallest absolute Gasteiger partial charge is 0.306 e. The lowest BCUT2D eigenvalue weighted by Crippen LogP contribution is -2.20. The van der Waals surface area contributed by atoms with E-state index < -0.39 is 0 Å². The number of anilines is 1. The van der Waals surface area contributed by atoms with Gasteiger partial charge in [-0.15, -0.1) is 0 Å². The van der Waals surface area contributed by atoms with Gasteiger partial charge < -0.3 is 5.32 Å². The topological polar surface area (TPSA) is 46.9 Å². The third-order valence-corrected chi connectivity index (χ3v) is 3.27. The van der Waals surface area contributed by atoms with E-state index in [0.717, 1.165) is 16.5 Å². The highest BCUT2D eigenvalue weighted by Crippen LogP contribution is 2.17. The lowest BCUT2D eigenvalue weighted by atomic mass is 10.2. The number of aromatic nitrogens is 2. The Morgan fingerprint density at radius 3 is 2.70 bits per heavy atom. The van der Waals surface area contributed by atoms with Crippen LogP contribution in [0.4, 0.5) is 10.5 Å². The maximum Gasteiger partial charge on any atom is 0.347 e. The standard InChI is InChI=1S/C15H12ClN3O/c1-10-2-3-11-9-17-19(14(11)8-10)15(20)18-13-6-4-12(16)5-7-13/h2-9H,1H3,(H,18,20). The first-order chi connectivity index (χ1) is 9.63. The van der Waals surface area contributed by atoms with E-state index in [-0.39, 0.29) is 6.03 Å². The van der Waals surface area contributed by atoms with Crippen LogP contribution >= 0.6 is 11.6 Å². The van der Waals surface area contributed by atoms with Gasteiger partial charge in [0, 0.05) is 16.1 Å². The molecule has 0 bridgehead atoms. The van der Waals surface area contributed by atoms with Gasteiger partial charge in [0.15, 0.2) is 0 Å². The maximum atomic E-state index is 12.2. The summed E-state index contributed by atoms with van der Waals surface area (Å²) in [6.07, 6.45) is 1.68. The van der Waals surface area contributed by atoms with Crippen molar-refractivity contribution in [3.63, 3.8) is 0 Å². The van der Waals surface area contributed by atoms with Crippen LogP contribution in [0.1, 0.15) is 5.56 Å². The molecule has 0 aliphatic carbocycles. The predicted molar refractivity (Wildman–Crippen MR) is 80.3 cm³/mol. The third-order valence-electron chi connectivity index (χ3n) is 3.01. The maximum absolute atomic E-state index is 12.2. The van der Waals surface area contributed by atoms with Gasteiger partial charge in [0.1, 0.15) is 0 Å². The molecule has 3 aromatic rings. The van der Waals surface area contributed by atoms with Crippen molar-refractivity contribution in [3.05, 3.63) is 59.2 Å². The van der Waals surface area contributed by atoms with Gasteiger partial charge in [-0.2, -0.15) is 9.78 Å². The summed E-state index contributed by atoms with van der Waals surface area (Å²) in [4.78, 5) is 12.2. The summed E-state index contributed by atoms with van der Waals surface area (Å²) >= 11 is 5.81. The number of nitrogens with one attached hydrogen (secondary N) is 1. The molecular weight excluding hydrogens is 274 g/mol. The van der Waals surface area contributed by atoms with E-state index in [1.807, 2.05) is 25.1 Å². The fourth-order valence-electron chi connectivity index (χ4n) is 2.00. The van der Waals surface area contributed by atoms with Crippen molar-refractivity contribution in [1.82, 2.24) is 9.78 Å². The average Bonchev–Trinajstić information content (AvgIpc) is 2.84. The van der Waals surface area contributed by atoms with Crippen molar-refractivity contribution < 1.29 is 4.79 Å². The highest BCUT2D eigenvalue weighted by atomic mass is 35.5. The number of fused-ring (bicyclic) bond motifs is 1. The first-order valence-corrected chi connectivity index (χ1v) is 6.52. The first-order valence-electron chi connectivity index (χ1n) is 6.15. The minimum absolute atomic E-state index is 0.298. The molecule has 0 fully saturated rings. The van der Waals surface area contributed by atoms with Gasteiger partial charge in [-0.05, 0) is 42.8 Å². The number of carbonyl (C=O) groups excluding carboxylic acids is 1. The zero-order valence-electron chi connectivity index (χ0n) is 10.8. The molecule has 4 nitrogen and oxygen atoms in total. The van der Waals surface area contributed by atoms with Crippen LogP contribution in [0.25, 0.3) is 10.9 Å². The molecule has 0 radical (unpaired) electrons. The molecule has 0 unspecified atom stereocenters. The zero-order valence-corrected chi connectivity index (χ0v) is 11.6. The molecule has 20 heavy (non-hydrogen) atoms. The highest BCUT2D eigenvalue weighted by molar-refractivity contribution is 6.30. The van der Waals surface area contributed by atoms with Gasteiger partial charge in [0.2, 0.25) is 0 Å². The van der Waals surface area contributed by atoms with Crippen LogP contribution in [-0.4, -0.2) is 15.8 Å². The monoisotopic (exact) mass is 285 g/mol. The SMILES string of the molecule is Cc1ccc2cnn(C(=O)Nc3ccc(Cl)cc3)c2c1. The minimum atomic E-state index is -0.298. The Labute approximate surface area is 121 Å². The molecule has 100 valence electrons. The van der Waals surface area contributed by atoms with E-state index >= 15 is 0 Å². The quantitative estimate of drug-likeness (QED) is 0.732. The van der Waals surface area contributed by atoms with Crippen molar-refractivity contribution in [2.24, 2.45) is 0 Å². The normalized spacial score (nSPS) is 10.7. The van der Waals surface area contributed by atoms with E-state index in [9.17, 15) is 4.79 Å². The van der Waals surface area contributed by atoms with Crippen LogP contribution in [-0.2, 0) is 0 Å². The van der Waals surface area contributed by atoms with Crippen LogP contribution in [0.2, 0.25) is 5.02 Å². The van der Waals surface area contributed by atoms with Crippen molar-refractivity contribution in [1.29, 1.82) is 0 Å². The van der Waals surface area contributed by atoms with Gasteiger partial charge in [-0.3, -0.25) is 0 Å². The molecule has 0 saturated carbocycles. The Hall–Kier alpha value is -2.33. The van der Waals surface area contributed by atoms with Gasteiger partial charge in [0.25, 0.3) is 0 Å². The molecule has 0 atom stereocenters. The van der Waals surface area contributed by atoms with Gasteiger partial charge in [-0.25, -0.2) is 4.79 Å². The van der Waals surface area contributed by atoms with Crippen LogP contribution in [0.3, 0.4) is 0 Å². The zero-order chi connectivity index (χ0) is 14.1. The van der Waals surface area contributed by atoms with Crippen molar-refractivity contribution in [2.45, 2.75) is 6.92 Å². The van der Waals surface area contributed by atoms with Crippen LogP contribution in [0.15, 0.2) is 48.7 Å². The molecule has 0 saturated heterocycles. The van der Waals surface area contributed by atoms with Gasteiger partial charge in [-0.1, -0.05) is 23.7 Å². The second-order valence-corrected chi connectivity index (χ2v) is 4.99. The molecule has 2 aromatic carbocycles. The summed E-state index contributed by atoms with van der Waals surface area (Å²) in [7, 11) is 0. The molecule has 0 aliphatic heterocycles. The van der Waals surface area contributed by atoms with E-state index in [1.165, 1.54) is 4.68 Å². The highest BCUT2D eigenvalue weighted by Gasteiger charge is 2.10. The number of hydrogen-bond donors (Lipinski definition) is 1. The number of amides is 1. The molecular formula is C15H12ClN3O. The van der Waals surface area contributed by atoms with E-state index in [1.54, 1.807) is 30.5 Å². The lowest BCUT2D eigenvalue weighted by Gasteiger charge is -2.06. The summed E-state index contributed by atoms with van der Waals surface area (Å²) in [5, 5.41) is 8.47. The number of halogens is 1. The molecule has 0 spiro atoms. The summed E-state index contributed by atoms with van der Waals surface area (Å²) in [6, 6.07) is 12.5. The number of benzene rings is 2. The van der Waals surface area contributed by atoms with Crippen molar-refractivity contribution in [3.8, 4) is 0 Å². The average molecular weight is 286 g/mol. The Kier molecular flexibility index (Phi) is 3.16. The van der Waals surface area contributed by atoms with Crippen LogP contribution < -0.4 is 5.32 Å². The Morgan fingerprint density at radius 2 is 1.95 bits per heavy atom. The van der Waals surface area contributed by atoms with E-state index in [4.69, 9.17) is 11.6 Å². The third kappa shape index (κ3) is 2.38. The lowest BCUT2D eigenvalue weighted by molar-refractivity contribution is 0.252. The second kappa shape index (κ2) is 4.98. The number of hydrogen-bond acceptors (Lipinski definition) is 2. The predicted octanol–water partition coefficient (Wildman–Crippen LogP) is 4.08. The number of nitrogens with zero attached hydrogens (tertiary/aromatic N) is 2. The summed E-state index contributed by atoms with van der Waals surface area (Å²) in [5.74, 6) is 0. The molecule has 1 heterocycles. The molecule has 0 aliphatic rings. The fraction of sp³-hybridized carbons (Fsp3) is 0.0667. The van der Waals surface area contributed by atoms with Crippen molar-refractivity contribution in [2.75, 3.05) is 5.32 Å². The fourth-order valence-corrected chi connectivity index (χ4v) is 2.13. The van der Waals surface area contributed by atoms with Gasteiger partial charge >= 0.3 is 6.03 Å². The number of aryl methyl sites for hydroxylation is 1. The second-order valence-electron chi connectivity index (χ2n) is 4.56. The summed E-state index contributed by atoms with van der Waals surface area (Å²) in [6.45, 7) is 1.98. The van der Waals surface area contributed by atoms with Crippen LogP contribution in [0.5, 0.6) is 0 Å². The van der Waals surface area contributed by atoms with Crippen LogP contribution in [0, 0.1) is 6.92 Å². The molecule has 5 heteroatoms. The molecule has 1 amide bonds. The first kappa shape index (κ1) is 12.7. The Morgan fingerprint density at radius 1 is 1.20 bits per heavy atom. The van der Waals surface area contributed by atoms with E-state index in [0.29, 0.717) is 10.7 Å². The Bertz CT molecular complexity index is 777. The molecule has 3 rings (SSSR count). The van der Waals surface area contributed by atoms with Gasteiger partial charge in [0.05, 0.1) is 11.7 Å². The summed E-state index contributed by atoms with van der Waals surface area (Å²) < 4.78 is 1.36. The number of carbonyl (C=O) groups is 1. The Balaban J connectivity index is 1.92. The van der Waals surface area contributed by atoms with Crippen molar-refractivity contribution >= 4 is 34.2 Å². The summed E-state index contributed by atoms with van der Waals surface area (Å²) in [5.41, 5.74) is 2.55. The number of rotatable bonds is 1.